The summed E-state index contributed by atoms with van der Waals surface area (Å²) in [7, 11) is -1.29. The molecule has 1 heterocycles. The predicted molar refractivity (Wildman–Crippen MR) is 75.1 cm³/mol. The molecular formula is C14H21NO2S. The molecule has 100 valence electrons. The summed E-state index contributed by atoms with van der Waals surface area (Å²) in [6.45, 7) is 6.85. The lowest BCUT2D eigenvalue weighted by Gasteiger charge is -2.25. The number of hydrogen-bond donors (Lipinski definition) is 1. The molecule has 1 aliphatic rings. The van der Waals surface area contributed by atoms with Crippen molar-refractivity contribution < 1.29 is 8.95 Å². The summed E-state index contributed by atoms with van der Waals surface area (Å²) in [4.78, 5) is 0. The van der Waals surface area contributed by atoms with E-state index >= 15 is 0 Å². The van der Waals surface area contributed by atoms with Crippen LogP contribution in [0.3, 0.4) is 0 Å². The van der Waals surface area contributed by atoms with E-state index in [2.05, 4.69) is 19.1 Å². The minimum atomic E-state index is -1.29. The molecule has 1 unspecified atom stereocenters. The van der Waals surface area contributed by atoms with Gasteiger partial charge in [0.05, 0.1) is 22.3 Å². The van der Waals surface area contributed by atoms with E-state index < -0.39 is 11.0 Å². The third kappa shape index (κ3) is 2.75. The second-order valence-corrected chi connectivity index (χ2v) is 7.33. The van der Waals surface area contributed by atoms with E-state index in [0.717, 1.165) is 25.2 Å². The molecule has 2 rings (SSSR count). The van der Waals surface area contributed by atoms with Crippen molar-refractivity contribution in [1.29, 1.82) is 0 Å². The number of benzene rings is 1. The van der Waals surface area contributed by atoms with Gasteiger partial charge < -0.3 is 4.74 Å². The fourth-order valence-electron chi connectivity index (χ4n) is 2.45. The SMILES string of the molecule is C[C@H](CC(C)(C)S(N)=O)c1ccc2c(c1)CCO2. The molecular weight excluding hydrogens is 246 g/mol. The first kappa shape index (κ1) is 13.6. The molecule has 1 aromatic carbocycles. The Morgan fingerprint density at radius 1 is 1.50 bits per heavy atom. The first-order chi connectivity index (χ1) is 8.40. The number of ether oxygens (including phenoxy) is 1. The van der Waals surface area contributed by atoms with E-state index in [1.165, 1.54) is 11.1 Å². The quantitative estimate of drug-likeness (QED) is 0.911. The average molecular weight is 267 g/mol. The van der Waals surface area contributed by atoms with Crippen molar-refractivity contribution in [3.8, 4) is 5.75 Å². The zero-order valence-corrected chi connectivity index (χ0v) is 12.0. The second kappa shape index (κ2) is 5.02. The van der Waals surface area contributed by atoms with Crippen LogP contribution in [0.4, 0.5) is 0 Å². The second-order valence-electron chi connectivity index (χ2n) is 5.63. The summed E-state index contributed by atoms with van der Waals surface area (Å²) < 4.78 is 16.6. The summed E-state index contributed by atoms with van der Waals surface area (Å²) in [5.74, 6) is 1.35. The minimum absolute atomic E-state index is 0.346. The Morgan fingerprint density at radius 3 is 2.89 bits per heavy atom. The van der Waals surface area contributed by atoms with Gasteiger partial charge in [-0.3, -0.25) is 5.14 Å². The maximum absolute atomic E-state index is 11.5. The van der Waals surface area contributed by atoms with Crippen molar-refractivity contribution in [3.63, 3.8) is 0 Å². The molecule has 2 N–H and O–H groups in total. The van der Waals surface area contributed by atoms with E-state index in [1.807, 2.05) is 19.9 Å². The smallest absolute Gasteiger partial charge is 0.122 e. The molecule has 0 aliphatic carbocycles. The highest BCUT2D eigenvalue weighted by Crippen LogP contribution is 2.33. The highest BCUT2D eigenvalue weighted by atomic mass is 32.2. The van der Waals surface area contributed by atoms with E-state index in [-0.39, 0.29) is 4.75 Å². The molecule has 2 atom stereocenters. The molecule has 0 saturated heterocycles. The molecule has 3 nitrogen and oxygen atoms in total. The van der Waals surface area contributed by atoms with Crippen LogP contribution in [0.25, 0.3) is 0 Å². The molecule has 0 amide bonds. The summed E-state index contributed by atoms with van der Waals surface area (Å²) in [6.07, 6.45) is 1.80. The Hall–Kier alpha value is -0.870. The van der Waals surface area contributed by atoms with Crippen LogP contribution < -0.4 is 9.88 Å². The molecule has 0 aromatic heterocycles. The Bertz CT molecular complexity index is 471. The largest absolute Gasteiger partial charge is 0.493 e. The maximum atomic E-state index is 11.5. The van der Waals surface area contributed by atoms with Gasteiger partial charge in [0.2, 0.25) is 0 Å². The van der Waals surface area contributed by atoms with Crippen LogP contribution in [0.5, 0.6) is 5.75 Å². The van der Waals surface area contributed by atoms with Gasteiger partial charge in [-0.1, -0.05) is 19.1 Å². The molecule has 0 fully saturated rings. The normalized spacial score (nSPS) is 18.0. The summed E-state index contributed by atoms with van der Waals surface area (Å²) in [6, 6.07) is 6.35. The van der Waals surface area contributed by atoms with Gasteiger partial charge in [-0.15, -0.1) is 0 Å². The van der Waals surface area contributed by atoms with Gasteiger partial charge in [0, 0.05) is 6.42 Å². The van der Waals surface area contributed by atoms with Gasteiger partial charge in [-0.25, -0.2) is 4.21 Å². The van der Waals surface area contributed by atoms with Crippen molar-refractivity contribution in [1.82, 2.24) is 0 Å². The van der Waals surface area contributed by atoms with Gasteiger partial charge in [0.25, 0.3) is 0 Å². The van der Waals surface area contributed by atoms with Crippen LogP contribution in [0.2, 0.25) is 0 Å². The van der Waals surface area contributed by atoms with Gasteiger partial charge in [-0.05, 0) is 43.4 Å². The van der Waals surface area contributed by atoms with Crippen molar-refractivity contribution in [2.45, 2.75) is 44.3 Å². The Morgan fingerprint density at radius 2 is 2.22 bits per heavy atom. The summed E-state index contributed by atoms with van der Waals surface area (Å²) in [5.41, 5.74) is 2.56. The lowest BCUT2D eigenvalue weighted by molar-refractivity contribution is 0.357. The zero-order valence-electron chi connectivity index (χ0n) is 11.2. The third-order valence-electron chi connectivity index (χ3n) is 3.62. The number of nitrogens with two attached hydrogens (primary N) is 1. The average Bonchev–Trinajstić information content (AvgIpc) is 2.74. The van der Waals surface area contributed by atoms with Gasteiger partial charge in [0.1, 0.15) is 5.75 Å². The van der Waals surface area contributed by atoms with Crippen LogP contribution in [-0.4, -0.2) is 15.6 Å². The molecule has 0 saturated carbocycles. The molecule has 1 aromatic rings. The van der Waals surface area contributed by atoms with E-state index in [1.54, 1.807) is 0 Å². The van der Waals surface area contributed by atoms with E-state index in [9.17, 15) is 4.21 Å². The lowest BCUT2D eigenvalue weighted by Crippen LogP contribution is -2.33. The predicted octanol–water partition coefficient (Wildman–Crippen LogP) is 2.52. The highest BCUT2D eigenvalue weighted by Gasteiger charge is 2.27. The van der Waals surface area contributed by atoms with Crippen LogP contribution >= 0.6 is 0 Å². The van der Waals surface area contributed by atoms with Crippen LogP contribution in [0.1, 0.15) is 44.2 Å². The molecule has 18 heavy (non-hydrogen) atoms. The number of rotatable bonds is 4. The van der Waals surface area contributed by atoms with Crippen LogP contribution in [-0.2, 0) is 17.4 Å². The highest BCUT2D eigenvalue weighted by molar-refractivity contribution is 7.84. The third-order valence-corrected chi connectivity index (χ3v) is 4.88. The fraction of sp³-hybridized carbons (Fsp3) is 0.571. The Kier molecular flexibility index (Phi) is 3.78. The van der Waals surface area contributed by atoms with Gasteiger partial charge >= 0.3 is 0 Å². The van der Waals surface area contributed by atoms with E-state index in [0.29, 0.717) is 5.92 Å². The molecule has 0 spiro atoms. The molecule has 1 aliphatic heterocycles. The van der Waals surface area contributed by atoms with Gasteiger partial charge in [0.15, 0.2) is 0 Å². The van der Waals surface area contributed by atoms with Crippen LogP contribution in [0.15, 0.2) is 18.2 Å². The Balaban J connectivity index is 2.14. The first-order valence-electron chi connectivity index (χ1n) is 6.32. The zero-order chi connectivity index (χ0) is 13.3. The van der Waals surface area contributed by atoms with Crippen molar-refractivity contribution in [2.75, 3.05) is 6.61 Å². The lowest BCUT2D eigenvalue weighted by atomic mass is 9.90. The monoisotopic (exact) mass is 267 g/mol. The molecule has 0 bridgehead atoms. The minimum Gasteiger partial charge on any atom is -0.493 e. The van der Waals surface area contributed by atoms with Crippen molar-refractivity contribution in [2.24, 2.45) is 5.14 Å². The van der Waals surface area contributed by atoms with Crippen LogP contribution in [0, 0.1) is 0 Å². The standard InChI is InChI=1S/C14H21NO2S/c1-10(9-14(2,3)18(15)16)11-4-5-13-12(8-11)6-7-17-13/h4-5,8,10H,6-7,9,15H2,1-3H3/t10-,18?/m1/s1. The summed E-state index contributed by atoms with van der Waals surface area (Å²) in [5, 5.41) is 5.54. The number of fused-ring (bicyclic) bond motifs is 1. The molecule has 4 heteroatoms. The number of hydrogen-bond acceptors (Lipinski definition) is 2. The topological polar surface area (TPSA) is 52.3 Å². The molecule has 0 radical (unpaired) electrons. The summed E-state index contributed by atoms with van der Waals surface area (Å²) >= 11 is 0. The van der Waals surface area contributed by atoms with Crippen molar-refractivity contribution >= 4 is 11.0 Å². The maximum Gasteiger partial charge on any atom is 0.122 e. The fourth-order valence-corrected chi connectivity index (χ4v) is 2.86. The van der Waals surface area contributed by atoms with Gasteiger partial charge in [-0.2, -0.15) is 0 Å². The van der Waals surface area contributed by atoms with Crippen molar-refractivity contribution in [3.05, 3.63) is 29.3 Å². The Labute approximate surface area is 111 Å². The van der Waals surface area contributed by atoms with E-state index in [4.69, 9.17) is 9.88 Å². The first-order valence-corrected chi connectivity index (χ1v) is 7.53.